The summed E-state index contributed by atoms with van der Waals surface area (Å²) in [6.07, 6.45) is 5.65. The topological polar surface area (TPSA) is 53.6 Å². The first-order valence-corrected chi connectivity index (χ1v) is 8.55. The van der Waals surface area contributed by atoms with Gasteiger partial charge in [-0.25, -0.2) is 4.79 Å². The maximum atomic E-state index is 12.6. The summed E-state index contributed by atoms with van der Waals surface area (Å²) < 4.78 is 5.91. The van der Waals surface area contributed by atoms with Gasteiger partial charge < -0.3 is 20.3 Å². The van der Waals surface area contributed by atoms with Crippen molar-refractivity contribution in [2.24, 2.45) is 5.92 Å². The molecule has 0 spiro atoms. The van der Waals surface area contributed by atoms with Crippen molar-refractivity contribution in [3.05, 3.63) is 0 Å². The number of hydrogen-bond donors (Lipinski definition) is 2. The van der Waals surface area contributed by atoms with Crippen LogP contribution in [0.15, 0.2) is 0 Å². The predicted molar refractivity (Wildman–Crippen MR) is 82.3 cm³/mol. The van der Waals surface area contributed by atoms with Gasteiger partial charge in [0.15, 0.2) is 0 Å². The summed E-state index contributed by atoms with van der Waals surface area (Å²) in [7, 11) is 0. The van der Waals surface area contributed by atoms with Gasteiger partial charge in [-0.2, -0.15) is 0 Å². The lowest BCUT2D eigenvalue weighted by atomic mass is 9.93. The monoisotopic (exact) mass is 295 g/mol. The third-order valence-corrected chi connectivity index (χ3v) is 5.06. The zero-order valence-electron chi connectivity index (χ0n) is 13.3. The molecule has 5 nitrogen and oxygen atoms in total. The normalized spacial score (nSPS) is 36.0. The lowest BCUT2D eigenvalue weighted by molar-refractivity contribution is -0.0195. The average Bonchev–Trinajstić information content (AvgIpc) is 2.50. The molecule has 4 rings (SSSR count). The summed E-state index contributed by atoms with van der Waals surface area (Å²) in [5, 5.41) is 6.76. The molecule has 2 bridgehead atoms. The number of piperidine rings is 2. The summed E-state index contributed by atoms with van der Waals surface area (Å²) in [4.78, 5) is 14.7. The van der Waals surface area contributed by atoms with E-state index in [9.17, 15) is 4.79 Å². The van der Waals surface area contributed by atoms with Gasteiger partial charge in [-0.05, 0) is 38.0 Å². The van der Waals surface area contributed by atoms with Crippen molar-refractivity contribution < 1.29 is 9.53 Å². The molecule has 0 aromatic heterocycles. The van der Waals surface area contributed by atoms with E-state index in [0.717, 1.165) is 45.4 Å². The zero-order chi connectivity index (χ0) is 14.8. The lowest BCUT2D eigenvalue weighted by Crippen LogP contribution is -2.65. The summed E-state index contributed by atoms with van der Waals surface area (Å²) >= 11 is 0. The lowest BCUT2D eigenvalue weighted by Gasteiger charge is -2.46. The SMILES string of the molecule is CC(C)CC1OCCCC1NC(=O)N1CC2CCC1CN2. The third kappa shape index (κ3) is 3.51. The first-order chi connectivity index (χ1) is 10.1. The molecule has 120 valence electrons. The molecule has 4 aliphatic heterocycles. The fraction of sp³-hybridized carbons (Fsp3) is 0.938. The predicted octanol–water partition coefficient (Wildman–Crippen LogP) is 1.73. The molecule has 4 saturated heterocycles. The molecule has 0 aliphatic carbocycles. The van der Waals surface area contributed by atoms with Gasteiger partial charge in [-0.1, -0.05) is 13.8 Å². The fourth-order valence-corrected chi connectivity index (χ4v) is 3.90. The number of amides is 2. The van der Waals surface area contributed by atoms with Gasteiger partial charge in [0.1, 0.15) is 0 Å². The second-order valence-electron chi connectivity index (χ2n) is 7.23. The zero-order valence-corrected chi connectivity index (χ0v) is 13.3. The van der Waals surface area contributed by atoms with Crippen molar-refractivity contribution in [1.29, 1.82) is 0 Å². The first kappa shape index (κ1) is 15.1. The van der Waals surface area contributed by atoms with E-state index in [4.69, 9.17) is 4.74 Å². The number of ether oxygens (including phenoxy) is 1. The molecular formula is C16H29N3O2. The van der Waals surface area contributed by atoms with Crippen molar-refractivity contribution in [3.63, 3.8) is 0 Å². The van der Waals surface area contributed by atoms with Crippen molar-refractivity contribution in [2.75, 3.05) is 19.7 Å². The number of nitrogens with zero attached hydrogens (tertiary/aromatic N) is 1. The van der Waals surface area contributed by atoms with E-state index < -0.39 is 0 Å². The molecule has 21 heavy (non-hydrogen) atoms. The summed E-state index contributed by atoms with van der Waals surface area (Å²) in [5.41, 5.74) is 0. The minimum atomic E-state index is 0.121. The molecule has 5 heteroatoms. The Balaban J connectivity index is 1.57. The van der Waals surface area contributed by atoms with Crippen molar-refractivity contribution in [1.82, 2.24) is 15.5 Å². The van der Waals surface area contributed by atoms with Gasteiger partial charge in [0.2, 0.25) is 0 Å². The first-order valence-electron chi connectivity index (χ1n) is 8.55. The summed E-state index contributed by atoms with van der Waals surface area (Å²) in [6.45, 7) is 7.08. The highest BCUT2D eigenvalue weighted by molar-refractivity contribution is 5.75. The van der Waals surface area contributed by atoms with Crippen LogP contribution in [0.5, 0.6) is 0 Å². The highest BCUT2D eigenvalue weighted by atomic mass is 16.5. The largest absolute Gasteiger partial charge is 0.376 e. The van der Waals surface area contributed by atoms with E-state index in [0.29, 0.717) is 18.0 Å². The Morgan fingerprint density at radius 1 is 1.38 bits per heavy atom. The number of urea groups is 1. The third-order valence-electron chi connectivity index (χ3n) is 5.06. The van der Waals surface area contributed by atoms with Gasteiger partial charge in [0.05, 0.1) is 12.1 Å². The van der Waals surface area contributed by atoms with E-state index in [-0.39, 0.29) is 18.2 Å². The van der Waals surface area contributed by atoms with Crippen LogP contribution in [0, 0.1) is 5.92 Å². The second kappa shape index (κ2) is 6.53. The van der Waals surface area contributed by atoms with Crippen LogP contribution in [-0.4, -0.2) is 54.9 Å². The Labute approximate surface area is 127 Å². The Morgan fingerprint density at radius 3 is 2.86 bits per heavy atom. The minimum Gasteiger partial charge on any atom is -0.376 e. The van der Waals surface area contributed by atoms with Crippen LogP contribution in [-0.2, 0) is 4.74 Å². The maximum Gasteiger partial charge on any atom is 0.318 e. The Bertz CT molecular complexity index is 367. The molecule has 0 aromatic rings. The highest BCUT2D eigenvalue weighted by Gasteiger charge is 2.37. The van der Waals surface area contributed by atoms with Crippen molar-refractivity contribution in [2.45, 2.75) is 70.2 Å². The minimum absolute atomic E-state index is 0.121. The van der Waals surface area contributed by atoms with Crippen molar-refractivity contribution >= 4 is 6.03 Å². The Kier molecular flexibility index (Phi) is 4.69. The summed E-state index contributed by atoms with van der Waals surface area (Å²) in [6, 6.07) is 1.18. The smallest absolute Gasteiger partial charge is 0.318 e. The average molecular weight is 295 g/mol. The molecule has 4 fully saturated rings. The van der Waals surface area contributed by atoms with Crippen LogP contribution in [0.1, 0.15) is 46.0 Å². The number of nitrogens with one attached hydrogen (secondary N) is 2. The molecular weight excluding hydrogens is 266 g/mol. The summed E-state index contributed by atoms with van der Waals surface area (Å²) in [5.74, 6) is 0.600. The number of rotatable bonds is 3. The van der Waals surface area contributed by atoms with Crippen LogP contribution in [0.3, 0.4) is 0 Å². The van der Waals surface area contributed by atoms with E-state index in [1.807, 2.05) is 4.90 Å². The highest BCUT2D eigenvalue weighted by Crippen LogP contribution is 2.24. The number of hydrogen-bond acceptors (Lipinski definition) is 3. The molecule has 4 unspecified atom stereocenters. The number of carbonyl (C=O) groups is 1. The molecule has 0 radical (unpaired) electrons. The van der Waals surface area contributed by atoms with Gasteiger partial charge in [0, 0.05) is 31.8 Å². The number of fused-ring (bicyclic) bond motifs is 3. The molecule has 0 saturated carbocycles. The quantitative estimate of drug-likeness (QED) is 0.833. The van der Waals surface area contributed by atoms with Gasteiger partial charge in [0.25, 0.3) is 0 Å². The molecule has 2 amide bonds. The van der Waals surface area contributed by atoms with Crippen LogP contribution >= 0.6 is 0 Å². The molecule has 0 aromatic carbocycles. The van der Waals surface area contributed by atoms with Crippen molar-refractivity contribution in [3.8, 4) is 0 Å². The van der Waals surface area contributed by atoms with Crippen LogP contribution in [0.4, 0.5) is 4.79 Å². The van der Waals surface area contributed by atoms with E-state index in [2.05, 4.69) is 24.5 Å². The number of piperazine rings is 1. The molecule has 4 atom stereocenters. The Morgan fingerprint density at radius 2 is 2.24 bits per heavy atom. The van der Waals surface area contributed by atoms with E-state index >= 15 is 0 Å². The van der Waals surface area contributed by atoms with Crippen LogP contribution in [0.2, 0.25) is 0 Å². The van der Waals surface area contributed by atoms with Gasteiger partial charge in [-0.15, -0.1) is 0 Å². The second-order valence-corrected chi connectivity index (χ2v) is 7.23. The van der Waals surface area contributed by atoms with E-state index in [1.165, 1.54) is 6.42 Å². The van der Waals surface area contributed by atoms with E-state index in [1.54, 1.807) is 0 Å². The van der Waals surface area contributed by atoms with Crippen LogP contribution in [0.25, 0.3) is 0 Å². The molecule has 2 N–H and O–H groups in total. The molecule has 4 heterocycles. The van der Waals surface area contributed by atoms with Gasteiger partial charge in [-0.3, -0.25) is 0 Å². The fourth-order valence-electron chi connectivity index (χ4n) is 3.90. The Hall–Kier alpha value is -0.810. The van der Waals surface area contributed by atoms with Gasteiger partial charge >= 0.3 is 6.03 Å². The van der Waals surface area contributed by atoms with Crippen LogP contribution < -0.4 is 10.6 Å². The molecule has 4 aliphatic rings. The number of carbonyl (C=O) groups excluding carboxylic acids is 1. The maximum absolute atomic E-state index is 12.6. The standard InChI is InChI=1S/C16H29N3O2/c1-11(2)8-15-14(4-3-7-21-15)18-16(20)19-10-12-5-6-13(19)9-17-12/h11-15,17H,3-10H2,1-2H3,(H,18,20).